The van der Waals surface area contributed by atoms with Crippen LogP contribution in [0.3, 0.4) is 0 Å². The van der Waals surface area contributed by atoms with Crippen molar-refractivity contribution in [3.8, 4) is 6.01 Å². The maximum Gasteiger partial charge on any atom is 0.315 e. The van der Waals surface area contributed by atoms with Gasteiger partial charge in [-0.3, -0.25) is 0 Å². The first kappa shape index (κ1) is 6.73. The van der Waals surface area contributed by atoms with Gasteiger partial charge in [-0.1, -0.05) is 0 Å². The van der Waals surface area contributed by atoms with Crippen LogP contribution in [0.1, 0.15) is 0 Å². The van der Waals surface area contributed by atoms with Gasteiger partial charge in [-0.05, 0) is 0 Å². The standard InChI is InChI=1S/C5H6FN3O/c1-7-4-3(6)2-8-5(10)9-4/h2H,1H3,(H2,7,8,9,10). The van der Waals surface area contributed by atoms with Gasteiger partial charge in [-0.25, -0.2) is 9.37 Å². The zero-order chi connectivity index (χ0) is 7.56. The smallest absolute Gasteiger partial charge is 0.315 e. The van der Waals surface area contributed by atoms with Crippen molar-refractivity contribution in [3.05, 3.63) is 12.0 Å². The highest BCUT2D eigenvalue weighted by molar-refractivity contribution is 5.34. The number of nitrogens with one attached hydrogen (secondary N) is 1. The van der Waals surface area contributed by atoms with Crippen molar-refractivity contribution in [2.45, 2.75) is 0 Å². The topological polar surface area (TPSA) is 58.0 Å². The summed E-state index contributed by atoms with van der Waals surface area (Å²) in [4.78, 5) is 6.57. The van der Waals surface area contributed by atoms with Crippen LogP contribution in [0.5, 0.6) is 6.01 Å². The third-order valence-electron chi connectivity index (χ3n) is 0.968. The van der Waals surface area contributed by atoms with E-state index in [0.717, 1.165) is 6.20 Å². The van der Waals surface area contributed by atoms with E-state index < -0.39 is 11.8 Å². The van der Waals surface area contributed by atoms with Gasteiger partial charge in [-0.2, -0.15) is 4.98 Å². The predicted octanol–water partition coefficient (Wildman–Crippen LogP) is 0.363. The summed E-state index contributed by atoms with van der Waals surface area (Å²) in [7, 11) is 1.50. The van der Waals surface area contributed by atoms with E-state index in [9.17, 15) is 4.39 Å². The number of halogens is 1. The Morgan fingerprint density at radius 3 is 2.90 bits per heavy atom. The summed E-state index contributed by atoms with van der Waals surface area (Å²) >= 11 is 0. The Bertz CT molecular complexity index is 240. The van der Waals surface area contributed by atoms with Gasteiger partial charge in [0.2, 0.25) is 0 Å². The van der Waals surface area contributed by atoms with Crippen LogP contribution in [0, 0.1) is 5.82 Å². The van der Waals surface area contributed by atoms with Crippen LogP contribution in [0.15, 0.2) is 6.20 Å². The highest BCUT2D eigenvalue weighted by atomic mass is 19.1. The van der Waals surface area contributed by atoms with Gasteiger partial charge in [-0.15, -0.1) is 0 Å². The quantitative estimate of drug-likeness (QED) is 0.596. The first-order valence-electron chi connectivity index (χ1n) is 2.63. The molecule has 0 radical (unpaired) electrons. The summed E-state index contributed by atoms with van der Waals surface area (Å²) in [5.74, 6) is -0.590. The van der Waals surface area contributed by atoms with E-state index in [0.29, 0.717) is 0 Å². The molecule has 0 atom stereocenters. The number of hydrogen-bond acceptors (Lipinski definition) is 4. The summed E-state index contributed by atoms with van der Waals surface area (Å²) in [6.07, 6.45) is 0.897. The van der Waals surface area contributed by atoms with Crippen molar-refractivity contribution in [1.29, 1.82) is 0 Å². The second-order valence-electron chi connectivity index (χ2n) is 1.62. The van der Waals surface area contributed by atoms with Crippen molar-refractivity contribution < 1.29 is 9.50 Å². The van der Waals surface area contributed by atoms with E-state index in [1.165, 1.54) is 7.05 Å². The largest absolute Gasteiger partial charge is 0.479 e. The van der Waals surface area contributed by atoms with Crippen LogP contribution in [-0.2, 0) is 0 Å². The fourth-order valence-corrected chi connectivity index (χ4v) is 0.533. The van der Waals surface area contributed by atoms with Crippen LogP contribution >= 0.6 is 0 Å². The van der Waals surface area contributed by atoms with E-state index in [-0.39, 0.29) is 5.82 Å². The number of aromatic hydroxyl groups is 1. The van der Waals surface area contributed by atoms with Gasteiger partial charge in [0.25, 0.3) is 0 Å². The van der Waals surface area contributed by atoms with Gasteiger partial charge in [0.1, 0.15) is 0 Å². The van der Waals surface area contributed by atoms with Crippen molar-refractivity contribution in [2.75, 3.05) is 12.4 Å². The molecule has 5 heteroatoms. The lowest BCUT2D eigenvalue weighted by atomic mass is 10.5. The number of rotatable bonds is 1. The van der Waals surface area contributed by atoms with Crippen LogP contribution in [0.25, 0.3) is 0 Å². The molecule has 0 unspecified atom stereocenters. The van der Waals surface area contributed by atoms with Crippen LogP contribution in [0.2, 0.25) is 0 Å². The van der Waals surface area contributed by atoms with Crippen molar-refractivity contribution in [1.82, 2.24) is 9.97 Å². The molecule has 0 aliphatic rings. The van der Waals surface area contributed by atoms with Crippen molar-refractivity contribution in [3.63, 3.8) is 0 Å². The molecule has 4 nitrogen and oxygen atoms in total. The molecule has 1 rings (SSSR count). The Morgan fingerprint density at radius 1 is 1.70 bits per heavy atom. The molecule has 0 aliphatic carbocycles. The maximum atomic E-state index is 12.5. The molecule has 10 heavy (non-hydrogen) atoms. The Kier molecular flexibility index (Phi) is 1.66. The highest BCUT2D eigenvalue weighted by Crippen LogP contribution is 2.10. The van der Waals surface area contributed by atoms with Crippen LogP contribution in [0.4, 0.5) is 10.2 Å². The van der Waals surface area contributed by atoms with E-state index >= 15 is 0 Å². The summed E-state index contributed by atoms with van der Waals surface area (Å²) in [5, 5.41) is 11.1. The minimum absolute atomic E-state index is 0.00694. The average molecular weight is 143 g/mol. The van der Waals surface area contributed by atoms with E-state index in [1.807, 2.05) is 0 Å². The number of aromatic nitrogens is 2. The summed E-state index contributed by atoms with van der Waals surface area (Å²) in [6, 6.07) is -0.439. The summed E-state index contributed by atoms with van der Waals surface area (Å²) < 4.78 is 12.5. The normalized spacial score (nSPS) is 9.40. The second kappa shape index (κ2) is 2.47. The molecule has 0 saturated carbocycles. The molecule has 2 N–H and O–H groups in total. The lowest BCUT2D eigenvalue weighted by Gasteiger charge is -1.98. The molecule has 1 aromatic rings. The number of anilines is 1. The van der Waals surface area contributed by atoms with Crippen molar-refractivity contribution in [2.24, 2.45) is 0 Å². The fourth-order valence-electron chi connectivity index (χ4n) is 0.533. The molecular formula is C5H6FN3O. The van der Waals surface area contributed by atoms with Crippen LogP contribution in [-0.4, -0.2) is 22.1 Å². The van der Waals surface area contributed by atoms with Gasteiger partial charge in [0.05, 0.1) is 6.20 Å². The molecule has 0 aliphatic heterocycles. The first-order chi connectivity index (χ1) is 4.74. The van der Waals surface area contributed by atoms with E-state index in [4.69, 9.17) is 5.11 Å². The minimum atomic E-state index is -0.583. The van der Waals surface area contributed by atoms with Gasteiger partial charge in [0.15, 0.2) is 11.6 Å². The molecule has 54 valence electrons. The van der Waals surface area contributed by atoms with Gasteiger partial charge < -0.3 is 10.4 Å². The third-order valence-corrected chi connectivity index (χ3v) is 0.968. The predicted molar refractivity (Wildman–Crippen MR) is 33.2 cm³/mol. The molecule has 0 bridgehead atoms. The SMILES string of the molecule is CNc1nc(O)ncc1F. The monoisotopic (exact) mass is 143 g/mol. The maximum absolute atomic E-state index is 12.5. The van der Waals surface area contributed by atoms with E-state index in [2.05, 4.69) is 15.3 Å². The molecule has 1 heterocycles. The molecule has 0 fully saturated rings. The molecule has 0 saturated heterocycles. The minimum Gasteiger partial charge on any atom is -0.479 e. The Balaban J connectivity index is 3.09. The number of nitrogens with zero attached hydrogens (tertiary/aromatic N) is 2. The average Bonchev–Trinajstić information content (AvgIpc) is 1.94. The second-order valence-corrected chi connectivity index (χ2v) is 1.62. The van der Waals surface area contributed by atoms with E-state index in [1.54, 1.807) is 0 Å². The summed E-state index contributed by atoms with van der Waals surface area (Å²) in [5.41, 5.74) is 0. The molecule has 0 amide bonds. The lowest BCUT2D eigenvalue weighted by molar-refractivity contribution is 0.426. The van der Waals surface area contributed by atoms with Gasteiger partial charge >= 0.3 is 6.01 Å². The number of hydrogen-bond donors (Lipinski definition) is 2. The summed E-state index contributed by atoms with van der Waals surface area (Å²) in [6.45, 7) is 0. The molecule has 1 aromatic heterocycles. The zero-order valence-electron chi connectivity index (χ0n) is 5.30. The fraction of sp³-hybridized carbons (Fsp3) is 0.200. The van der Waals surface area contributed by atoms with Gasteiger partial charge in [0, 0.05) is 7.05 Å². The zero-order valence-corrected chi connectivity index (χ0v) is 5.30. The molecule has 0 spiro atoms. The Morgan fingerprint density at radius 2 is 2.40 bits per heavy atom. The third kappa shape index (κ3) is 1.12. The van der Waals surface area contributed by atoms with Crippen LogP contribution < -0.4 is 5.32 Å². The molecular weight excluding hydrogens is 137 g/mol. The molecule has 0 aromatic carbocycles. The Hall–Kier alpha value is -1.39. The lowest BCUT2D eigenvalue weighted by Crippen LogP contribution is -1.96. The Labute approximate surface area is 56.7 Å². The highest BCUT2D eigenvalue weighted by Gasteiger charge is 2.01. The first-order valence-corrected chi connectivity index (χ1v) is 2.63. The van der Waals surface area contributed by atoms with Crippen molar-refractivity contribution >= 4 is 5.82 Å².